The van der Waals surface area contributed by atoms with Crippen molar-refractivity contribution in [1.82, 2.24) is 0 Å². The van der Waals surface area contributed by atoms with Gasteiger partial charge >= 0.3 is 5.97 Å². The Morgan fingerprint density at radius 2 is 2.06 bits per heavy atom. The summed E-state index contributed by atoms with van der Waals surface area (Å²) >= 11 is 0. The van der Waals surface area contributed by atoms with Crippen LogP contribution >= 0.6 is 0 Å². The van der Waals surface area contributed by atoms with Gasteiger partial charge in [0.1, 0.15) is 0 Å². The maximum absolute atomic E-state index is 10.9. The third-order valence-electron chi connectivity index (χ3n) is 2.88. The Labute approximate surface area is 102 Å². The SMILES string of the molecule is CCCCC(C=C(C)C(=O)O)C(CC)[N+](=O)[O-]. The van der Waals surface area contributed by atoms with Crippen LogP contribution < -0.4 is 0 Å². The Bertz CT molecular complexity index is 299. The maximum Gasteiger partial charge on any atom is 0.330 e. The number of rotatable bonds is 8. The minimum Gasteiger partial charge on any atom is -0.478 e. The number of aliphatic carboxylic acids is 1. The van der Waals surface area contributed by atoms with Crippen molar-refractivity contribution in [2.45, 2.75) is 52.5 Å². The van der Waals surface area contributed by atoms with Crippen LogP contribution in [0.4, 0.5) is 0 Å². The van der Waals surface area contributed by atoms with E-state index in [1.54, 1.807) is 6.92 Å². The number of nitro groups is 1. The summed E-state index contributed by atoms with van der Waals surface area (Å²) in [5.74, 6) is -1.30. The third-order valence-corrected chi connectivity index (χ3v) is 2.88. The molecule has 0 heterocycles. The number of hydrogen-bond acceptors (Lipinski definition) is 3. The molecule has 5 nitrogen and oxygen atoms in total. The Hall–Kier alpha value is -1.39. The number of carbonyl (C=O) groups is 1. The molecule has 0 bridgehead atoms. The molecule has 0 saturated heterocycles. The number of carboxylic acid groups (broad SMARTS) is 1. The van der Waals surface area contributed by atoms with Gasteiger partial charge in [0.05, 0.1) is 0 Å². The lowest BCUT2D eigenvalue weighted by Crippen LogP contribution is -2.28. The summed E-state index contributed by atoms with van der Waals surface area (Å²) in [6.07, 6.45) is 4.45. The zero-order valence-electron chi connectivity index (χ0n) is 10.7. The number of nitrogens with zero attached hydrogens (tertiary/aromatic N) is 1. The van der Waals surface area contributed by atoms with Crippen molar-refractivity contribution in [2.75, 3.05) is 0 Å². The molecule has 0 saturated carbocycles. The molecule has 0 aliphatic rings. The van der Waals surface area contributed by atoms with Gasteiger partial charge in [-0.05, 0) is 13.3 Å². The van der Waals surface area contributed by atoms with Crippen LogP contribution in [-0.4, -0.2) is 22.0 Å². The molecule has 98 valence electrons. The standard InChI is InChI=1S/C12H21NO4/c1-4-6-7-10(8-9(3)12(14)15)11(5-2)13(16)17/h8,10-11H,4-7H2,1-3H3,(H,14,15). The number of hydrogen-bond donors (Lipinski definition) is 1. The molecular formula is C12H21NO4. The second-order valence-corrected chi connectivity index (χ2v) is 4.22. The highest BCUT2D eigenvalue weighted by Gasteiger charge is 2.28. The minimum absolute atomic E-state index is 0.186. The highest BCUT2D eigenvalue weighted by atomic mass is 16.6. The van der Waals surface area contributed by atoms with E-state index >= 15 is 0 Å². The van der Waals surface area contributed by atoms with Crippen LogP contribution in [0.5, 0.6) is 0 Å². The van der Waals surface area contributed by atoms with Gasteiger partial charge in [-0.1, -0.05) is 32.8 Å². The van der Waals surface area contributed by atoms with Gasteiger partial charge in [-0.2, -0.15) is 0 Å². The molecular weight excluding hydrogens is 222 g/mol. The molecule has 17 heavy (non-hydrogen) atoms. The van der Waals surface area contributed by atoms with Gasteiger partial charge in [0.2, 0.25) is 6.04 Å². The average molecular weight is 243 g/mol. The predicted molar refractivity (Wildman–Crippen MR) is 65.5 cm³/mol. The van der Waals surface area contributed by atoms with Crippen molar-refractivity contribution in [1.29, 1.82) is 0 Å². The van der Waals surface area contributed by atoms with Crippen molar-refractivity contribution in [3.05, 3.63) is 21.8 Å². The Morgan fingerprint density at radius 3 is 2.41 bits per heavy atom. The first-order valence-corrected chi connectivity index (χ1v) is 5.99. The van der Waals surface area contributed by atoms with Crippen molar-refractivity contribution in [3.8, 4) is 0 Å². The van der Waals surface area contributed by atoms with E-state index in [1.165, 1.54) is 13.0 Å². The summed E-state index contributed by atoms with van der Waals surface area (Å²) in [6.45, 7) is 5.25. The number of unbranched alkanes of at least 4 members (excludes halogenated alkanes) is 1. The molecule has 0 spiro atoms. The lowest BCUT2D eigenvalue weighted by molar-refractivity contribution is -0.530. The second kappa shape index (κ2) is 7.81. The molecule has 0 aromatic rings. The molecule has 0 aromatic carbocycles. The highest BCUT2D eigenvalue weighted by molar-refractivity contribution is 5.85. The summed E-state index contributed by atoms with van der Waals surface area (Å²) in [7, 11) is 0. The Balaban J connectivity index is 4.91. The average Bonchev–Trinajstić information content (AvgIpc) is 2.25. The lowest BCUT2D eigenvalue weighted by atomic mass is 9.90. The van der Waals surface area contributed by atoms with Crippen molar-refractivity contribution < 1.29 is 14.8 Å². The van der Waals surface area contributed by atoms with E-state index in [1.807, 2.05) is 6.92 Å². The van der Waals surface area contributed by atoms with Crippen LogP contribution in [0.15, 0.2) is 11.6 Å². The first kappa shape index (κ1) is 15.6. The molecule has 2 atom stereocenters. The van der Waals surface area contributed by atoms with Crippen LogP contribution in [0.2, 0.25) is 0 Å². The van der Waals surface area contributed by atoms with Crippen LogP contribution in [0.25, 0.3) is 0 Å². The molecule has 0 aliphatic carbocycles. The van der Waals surface area contributed by atoms with Crippen molar-refractivity contribution in [2.24, 2.45) is 5.92 Å². The molecule has 0 rings (SSSR count). The van der Waals surface area contributed by atoms with Crippen molar-refractivity contribution in [3.63, 3.8) is 0 Å². The first-order valence-electron chi connectivity index (χ1n) is 5.99. The summed E-state index contributed by atoms with van der Waals surface area (Å²) in [5.41, 5.74) is 0.186. The zero-order valence-corrected chi connectivity index (χ0v) is 10.7. The Kier molecular flexibility index (Phi) is 7.18. The topological polar surface area (TPSA) is 80.4 Å². The van der Waals surface area contributed by atoms with Crippen LogP contribution in [0, 0.1) is 16.0 Å². The van der Waals surface area contributed by atoms with Gasteiger partial charge in [0, 0.05) is 22.8 Å². The molecule has 5 heteroatoms. The smallest absolute Gasteiger partial charge is 0.330 e. The predicted octanol–water partition coefficient (Wildman–Crippen LogP) is 2.88. The van der Waals surface area contributed by atoms with Gasteiger partial charge < -0.3 is 5.11 Å². The Morgan fingerprint density at radius 1 is 1.47 bits per heavy atom. The van der Waals surface area contributed by atoms with Gasteiger partial charge in [-0.3, -0.25) is 10.1 Å². The third kappa shape index (κ3) is 5.47. The summed E-state index contributed by atoms with van der Waals surface area (Å²) in [5, 5.41) is 19.7. The largest absolute Gasteiger partial charge is 0.478 e. The lowest BCUT2D eigenvalue weighted by Gasteiger charge is -2.16. The van der Waals surface area contributed by atoms with E-state index in [9.17, 15) is 14.9 Å². The fraction of sp³-hybridized carbons (Fsp3) is 0.750. The van der Waals surface area contributed by atoms with E-state index in [0.29, 0.717) is 12.8 Å². The number of carboxylic acids is 1. The van der Waals surface area contributed by atoms with Gasteiger partial charge in [-0.25, -0.2) is 4.79 Å². The van der Waals surface area contributed by atoms with E-state index in [-0.39, 0.29) is 16.4 Å². The molecule has 0 radical (unpaired) electrons. The summed E-state index contributed by atoms with van der Waals surface area (Å²) in [6, 6.07) is -0.684. The van der Waals surface area contributed by atoms with E-state index in [2.05, 4.69) is 0 Å². The quantitative estimate of drug-likeness (QED) is 0.404. The van der Waals surface area contributed by atoms with Gasteiger partial charge in [-0.15, -0.1) is 0 Å². The van der Waals surface area contributed by atoms with Crippen LogP contribution in [0.1, 0.15) is 46.5 Å². The summed E-state index contributed by atoms with van der Waals surface area (Å²) in [4.78, 5) is 21.4. The molecule has 0 fully saturated rings. The van der Waals surface area contributed by atoms with Crippen molar-refractivity contribution >= 4 is 5.97 Å². The first-order chi connectivity index (χ1) is 7.93. The maximum atomic E-state index is 10.9. The van der Waals surface area contributed by atoms with Gasteiger partial charge in [0.25, 0.3) is 0 Å². The molecule has 2 unspecified atom stereocenters. The molecule has 0 aliphatic heterocycles. The van der Waals surface area contributed by atoms with Crippen LogP contribution in [0.3, 0.4) is 0 Å². The van der Waals surface area contributed by atoms with Gasteiger partial charge in [0.15, 0.2) is 0 Å². The van der Waals surface area contributed by atoms with E-state index < -0.39 is 12.0 Å². The van der Waals surface area contributed by atoms with E-state index in [0.717, 1.165) is 12.8 Å². The highest BCUT2D eigenvalue weighted by Crippen LogP contribution is 2.21. The van der Waals surface area contributed by atoms with Crippen LogP contribution in [-0.2, 0) is 4.79 Å². The molecule has 1 N–H and O–H groups in total. The monoisotopic (exact) mass is 243 g/mol. The molecule has 0 aromatic heterocycles. The zero-order chi connectivity index (χ0) is 13.4. The van der Waals surface area contributed by atoms with E-state index in [4.69, 9.17) is 5.11 Å². The normalized spacial score (nSPS) is 15.4. The second-order valence-electron chi connectivity index (χ2n) is 4.22. The fourth-order valence-corrected chi connectivity index (χ4v) is 1.83. The minimum atomic E-state index is -1.01. The fourth-order valence-electron chi connectivity index (χ4n) is 1.83. The summed E-state index contributed by atoms with van der Waals surface area (Å²) < 4.78 is 0. The molecule has 0 amide bonds.